The number of piperazine rings is 1. The molecule has 0 atom stereocenters. The number of rotatable bonds is 4. The van der Waals surface area contributed by atoms with Gasteiger partial charge in [-0.25, -0.2) is 9.67 Å². The van der Waals surface area contributed by atoms with Crippen LogP contribution in [0.25, 0.3) is 17.3 Å². The molecule has 1 amide bonds. The molecule has 8 nitrogen and oxygen atoms in total. The number of nitrogens with one attached hydrogen (secondary N) is 1. The summed E-state index contributed by atoms with van der Waals surface area (Å²) in [6.45, 7) is 9.26. The first kappa shape index (κ1) is 20.4. The molecular weight excluding hydrogens is 402 g/mol. The number of pyridine rings is 1. The molecule has 1 fully saturated rings. The number of benzene rings is 1. The molecule has 0 unspecified atom stereocenters. The molecule has 0 bridgehead atoms. The van der Waals surface area contributed by atoms with Crippen LogP contribution < -0.4 is 5.32 Å². The minimum atomic E-state index is 0.0903. The Morgan fingerprint density at radius 3 is 2.59 bits per heavy atom. The summed E-state index contributed by atoms with van der Waals surface area (Å²) >= 11 is 0. The molecule has 4 heterocycles. The first-order valence-electron chi connectivity index (χ1n) is 11.1. The number of hydrogen-bond acceptors (Lipinski definition) is 6. The highest BCUT2D eigenvalue weighted by molar-refractivity contribution is 5.94. The summed E-state index contributed by atoms with van der Waals surface area (Å²) in [5, 5.41) is 12.0. The molecule has 0 aliphatic carbocycles. The van der Waals surface area contributed by atoms with Crippen molar-refractivity contribution in [3.63, 3.8) is 0 Å². The van der Waals surface area contributed by atoms with Crippen LogP contribution >= 0.6 is 0 Å². The molecule has 1 aromatic carbocycles. The van der Waals surface area contributed by atoms with Crippen molar-refractivity contribution in [2.24, 2.45) is 0 Å². The summed E-state index contributed by atoms with van der Waals surface area (Å²) in [6.07, 6.45) is 4.02. The third kappa shape index (κ3) is 4.01. The maximum atomic E-state index is 12.8. The minimum absolute atomic E-state index is 0.0903. The van der Waals surface area contributed by atoms with E-state index < -0.39 is 0 Å². The van der Waals surface area contributed by atoms with Gasteiger partial charge in [0.05, 0.1) is 11.9 Å². The van der Waals surface area contributed by atoms with E-state index >= 15 is 0 Å². The Hall–Kier alpha value is -3.52. The molecule has 2 aromatic heterocycles. The summed E-state index contributed by atoms with van der Waals surface area (Å²) in [6, 6.07) is 11.6. The molecule has 0 radical (unpaired) electrons. The largest absolute Gasteiger partial charge is 0.365 e. The normalized spacial score (nSPS) is 16.3. The number of carbonyl (C=O) groups is 1. The number of aryl methyl sites for hydroxylation is 1. The van der Waals surface area contributed by atoms with Crippen LogP contribution in [0.15, 0.2) is 42.6 Å². The van der Waals surface area contributed by atoms with Crippen molar-refractivity contribution in [2.45, 2.75) is 13.8 Å². The number of likely N-dealkylation sites (N-methyl/N-ethyl adjacent to an activating group) is 1. The van der Waals surface area contributed by atoms with Crippen molar-refractivity contribution in [1.82, 2.24) is 29.8 Å². The second-order valence-electron chi connectivity index (χ2n) is 8.24. The molecule has 2 aliphatic rings. The zero-order valence-corrected chi connectivity index (χ0v) is 18.5. The lowest BCUT2D eigenvalue weighted by Crippen LogP contribution is -2.48. The Balaban J connectivity index is 1.30. The first-order valence-corrected chi connectivity index (χ1v) is 11.1. The monoisotopic (exact) mass is 429 g/mol. The predicted molar refractivity (Wildman–Crippen MR) is 125 cm³/mol. The van der Waals surface area contributed by atoms with Gasteiger partial charge in [-0.15, -0.1) is 5.10 Å². The van der Waals surface area contributed by atoms with Gasteiger partial charge in [-0.2, -0.15) is 0 Å². The van der Waals surface area contributed by atoms with Gasteiger partial charge in [-0.05, 0) is 55.9 Å². The van der Waals surface area contributed by atoms with Crippen LogP contribution in [0.1, 0.15) is 34.2 Å². The van der Waals surface area contributed by atoms with Gasteiger partial charge in [-0.1, -0.05) is 12.1 Å². The summed E-state index contributed by atoms with van der Waals surface area (Å²) in [5.41, 5.74) is 5.50. The maximum absolute atomic E-state index is 12.8. The van der Waals surface area contributed by atoms with Crippen LogP contribution in [0.5, 0.6) is 0 Å². The third-order valence-electron chi connectivity index (χ3n) is 6.15. The van der Waals surface area contributed by atoms with Gasteiger partial charge in [0.2, 0.25) is 0 Å². The summed E-state index contributed by atoms with van der Waals surface area (Å²) in [7, 11) is 0. The summed E-state index contributed by atoms with van der Waals surface area (Å²) in [4.78, 5) is 21.7. The van der Waals surface area contributed by atoms with Gasteiger partial charge in [0.25, 0.3) is 5.91 Å². The fourth-order valence-electron chi connectivity index (χ4n) is 4.15. The average molecular weight is 430 g/mol. The van der Waals surface area contributed by atoms with Crippen LogP contribution in [-0.4, -0.2) is 75.0 Å². The fourth-order valence-corrected chi connectivity index (χ4v) is 4.15. The van der Waals surface area contributed by atoms with Gasteiger partial charge >= 0.3 is 0 Å². The smallest absolute Gasteiger partial charge is 0.253 e. The summed E-state index contributed by atoms with van der Waals surface area (Å²) in [5.74, 6) is 0.991. The highest BCUT2D eigenvalue weighted by Gasteiger charge is 2.21. The van der Waals surface area contributed by atoms with E-state index in [1.165, 1.54) is 0 Å². The fraction of sp³-hybridized carbons (Fsp3) is 0.333. The van der Waals surface area contributed by atoms with Crippen molar-refractivity contribution in [3.8, 4) is 5.69 Å². The molecule has 1 saturated heterocycles. The number of aromatic nitrogens is 4. The Bertz CT molecular complexity index is 1160. The average Bonchev–Trinajstić information content (AvgIpc) is 3.34. The quantitative estimate of drug-likeness (QED) is 0.687. The lowest BCUT2D eigenvalue weighted by atomic mass is 10.1. The lowest BCUT2D eigenvalue weighted by Gasteiger charge is -2.34. The van der Waals surface area contributed by atoms with Crippen LogP contribution in [0.2, 0.25) is 0 Å². The molecular formula is C24H27N7O. The van der Waals surface area contributed by atoms with Crippen LogP contribution in [0.4, 0.5) is 5.82 Å². The molecule has 32 heavy (non-hydrogen) atoms. The SMILES string of the molecule is CCN1CCN(C(=O)c2ccc(-n3cc(C4=Cc5ccc(C)nc5NC4)nn3)cc2)CC1. The predicted octanol–water partition coefficient (Wildman–Crippen LogP) is 2.71. The topological polar surface area (TPSA) is 79.2 Å². The Morgan fingerprint density at radius 2 is 1.84 bits per heavy atom. The van der Waals surface area contributed by atoms with E-state index in [0.717, 1.165) is 66.8 Å². The highest BCUT2D eigenvalue weighted by atomic mass is 16.2. The lowest BCUT2D eigenvalue weighted by molar-refractivity contribution is 0.0643. The van der Waals surface area contributed by atoms with E-state index in [4.69, 9.17) is 0 Å². The third-order valence-corrected chi connectivity index (χ3v) is 6.15. The van der Waals surface area contributed by atoms with Crippen molar-refractivity contribution < 1.29 is 4.79 Å². The second kappa shape index (κ2) is 8.55. The van der Waals surface area contributed by atoms with Gasteiger partial charge in [-0.3, -0.25) is 4.79 Å². The van der Waals surface area contributed by atoms with Crippen LogP contribution in [0.3, 0.4) is 0 Å². The van der Waals surface area contributed by atoms with Gasteiger partial charge in [0.1, 0.15) is 11.5 Å². The molecule has 3 aromatic rings. The van der Waals surface area contributed by atoms with Gasteiger partial charge in [0.15, 0.2) is 0 Å². The molecule has 0 saturated carbocycles. The zero-order chi connectivity index (χ0) is 22.1. The van der Waals surface area contributed by atoms with Crippen LogP contribution in [0, 0.1) is 6.92 Å². The van der Waals surface area contributed by atoms with Gasteiger partial charge in [0, 0.05) is 55.1 Å². The van der Waals surface area contributed by atoms with E-state index in [0.29, 0.717) is 12.1 Å². The molecule has 2 aliphatic heterocycles. The highest BCUT2D eigenvalue weighted by Crippen LogP contribution is 2.26. The minimum Gasteiger partial charge on any atom is -0.365 e. The number of anilines is 1. The van der Waals surface area contributed by atoms with Crippen molar-refractivity contribution in [3.05, 3.63) is 65.1 Å². The zero-order valence-electron chi connectivity index (χ0n) is 18.5. The molecule has 1 N–H and O–H groups in total. The maximum Gasteiger partial charge on any atom is 0.253 e. The van der Waals surface area contributed by atoms with E-state index in [-0.39, 0.29) is 5.91 Å². The van der Waals surface area contributed by atoms with Crippen molar-refractivity contribution in [1.29, 1.82) is 0 Å². The molecule has 0 spiro atoms. The van der Waals surface area contributed by atoms with E-state index in [1.807, 2.05) is 48.4 Å². The number of fused-ring (bicyclic) bond motifs is 1. The molecule has 5 rings (SSSR count). The Labute approximate surface area is 187 Å². The number of hydrogen-bond donors (Lipinski definition) is 1. The number of amides is 1. The number of carbonyl (C=O) groups excluding carboxylic acids is 1. The Morgan fingerprint density at radius 1 is 1.06 bits per heavy atom. The van der Waals surface area contributed by atoms with E-state index in [9.17, 15) is 4.79 Å². The first-order chi connectivity index (χ1) is 15.6. The van der Waals surface area contributed by atoms with E-state index in [1.54, 1.807) is 4.68 Å². The van der Waals surface area contributed by atoms with Crippen molar-refractivity contribution in [2.75, 3.05) is 44.6 Å². The van der Waals surface area contributed by atoms with Gasteiger partial charge < -0.3 is 15.1 Å². The molecule has 164 valence electrons. The van der Waals surface area contributed by atoms with Crippen molar-refractivity contribution >= 4 is 23.4 Å². The molecule has 8 heteroatoms. The van der Waals surface area contributed by atoms with E-state index in [2.05, 4.69) is 44.6 Å². The number of nitrogens with zero attached hydrogens (tertiary/aromatic N) is 6. The summed E-state index contributed by atoms with van der Waals surface area (Å²) < 4.78 is 1.74. The standard InChI is InChI=1S/C24H27N7O/c1-3-29-10-12-30(13-11-29)24(32)18-6-8-21(9-7-18)31-16-22(27-28-31)20-14-19-5-4-17(2)26-23(19)25-15-20/h4-9,14,16H,3,10-13,15H2,1-2H3,(H,25,26). The Kier molecular flexibility index (Phi) is 5.45. The second-order valence-corrected chi connectivity index (χ2v) is 8.24. The van der Waals surface area contributed by atoms with Crippen LogP contribution in [-0.2, 0) is 0 Å².